The van der Waals surface area contributed by atoms with Crippen molar-refractivity contribution in [3.05, 3.63) is 87.6 Å². The highest BCUT2D eigenvalue weighted by Gasteiger charge is 2.19. The van der Waals surface area contributed by atoms with E-state index in [1.165, 1.54) is 23.8 Å². The van der Waals surface area contributed by atoms with Gasteiger partial charge in [0.1, 0.15) is 5.56 Å². The van der Waals surface area contributed by atoms with Crippen LogP contribution in [0.5, 0.6) is 0 Å². The molecule has 0 saturated heterocycles. The Kier molecular flexibility index (Phi) is 4.56. The van der Waals surface area contributed by atoms with Gasteiger partial charge in [-0.3, -0.25) is 19.6 Å². The van der Waals surface area contributed by atoms with Gasteiger partial charge in [0.25, 0.3) is 11.6 Å². The molecule has 3 rings (SSSR count). The fraction of sp³-hybridized carbons (Fsp3) is 0.111. The van der Waals surface area contributed by atoms with Gasteiger partial charge in [0.2, 0.25) is 0 Å². The van der Waals surface area contributed by atoms with E-state index in [4.69, 9.17) is 0 Å². The summed E-state index contributed by atoms with van der Waals surface area (Å²) in [5, 5.41) is 17.9. The molecule has 126 valence electrons. The van der Waals surface area contributed by atoms with Gasteiger partial charge in [-0.2, -0.15) is 5.10 Å². The monoisotopic (exact) mass is 336 g/mol. The summed E-state index contributed by atoms with van der Waals surface area (Å²) in [5.41, 5.74) is 2.03. The molecule has 7 heteroatoms. The zero-order valence-electron chi connectivity index (χ0n) is 13.5. The van der Waals surface area contributed by atoms with E-state index < -0.39 is 10.8 Å². The van der Waals surface area contributed by atoms with Crippen molar-refractivity contribution >= 4 is 17.4 Å². The number of nitro benzene ring substituents is 1. The molecule has 2 aromatic carbocycles. The van der Waals surface area contributed by atoms with Gasteiger partial charge >= 0.3 is 0 Å². The number of hydrogen-bond acceptors (Lipinski definition) is 4. The SMILES string of the molecule is Cc1ccc(Cn2ccc(NC(=O)c3ccccc3[N+](=O)[O-])n2)cc1. The van der Waals surface area contributed by atoms with E-state index in [-0.39, 0.29) is 11.3 Å². The van der Waals surface area contributed by atoms with Gasteiger partial charge in [-0.05, 0) is 18.6 Å². The first-order chi connectivity index (χ1) is 12.0. The van der Waals surface area contributed by atoms with Crippen LogP contribution in [0, 0.1) is 17.0 Å². The second kappa shape index (κ2) is 6.96. The van der Waals surface area contributed by atoms with Crippen LogP contribution in [0.3, 0.4) is 0 Å². The van der Waals surface area contributed by atoms with Gasteiger partial charge in [-0.25, -0.2) is 0 Å². The van der Waals surface area contributed by atoms with Crippen LogP contribution in [0.25, 0.3) is 0 Å². The minimum Gasteiger partial charge on any atom is -0.305 e. The second-order valence-electron chi connectivity index (χ2n) is 5.61. The van der Waals surface area contributed by atoms with Crippen LogP contribution >= 0.6 is 0 Å². The number of benzene rings is 2. The van der Waals surface area contributed by atoms with E-state index >= 15 is 0 Å². The number of aromatic nitrogens is 2. The van der Waals surface area contributed by atoms with Gasteiger partial charge in [-0.15, -0.1) is 0 Å². The first-order valence-corrected chi connectivity index (χ1v) is 7.67. The number of carbonyl (C=O) groups is 1. The highest BCUT2D eigenvalue weighted by Crippen LogP contribution is 2.19. The molecule has 0 aliphatic heterocycles. The molecule has 0 saturated carbocycles. The molecule has 1 aromatic heterocycles. The molecule has 3 aromatic rings. The molecule has 0 atom stereocenters. The number of nitrogens with one attached hydrogen (secondary N) is 1. The lowest BCUT2D eigenvalue weighted by Gasteiger charge is -2.04. The average Bonchev–Trinajstić information content (AvgIpc) is 3.03. The van der Waals surface area contributed by atoms with E-state index in [1.807, 2.05) is 31.2 Å². The van der Waals surface area contributed by atoms with E-state index in [0.717, 1.165) is 5.56 Å². The van der Waals surface area contributed by atoms with E-state index in [1.54, 1.807) is 23.0 Å². The van der Waals surface area contributed by atoms with Crippen molar-refractivity contribution in [2.45, 2.75) is 13.5 Å². The molecule has 0 fully saturated rings. The Bertz CT molecular complexity index is 916. The standard InChI is InChI=1S/C18H16N4O3/c1-13-6-8-14(9-7-13)12-21-11-10-17(20-21)19-18(23)15-4-2-3-5-16(15)22(24)25/h2-11H,12H2,1H3,(H,19,20,23). The summed E-state index contributed by atoms with van der Waals surface area (Å²) < 4.78 is 1.69. The normalized spacial score (nSPS) is 10.4. The Morgan fingerprint density at radius 3 is 2.60 bits per heavy atom. The molecule has 1 amide bonds. The topological polar surface area (TPSA) is 90.1 Å². The van der Waals surface area contributed by atoms with Crippen LogP contribution in [0.1, 0.15) is 21.5 Å². The maximum atomic E-state index is 12.3. The number of hydrogen-bond donors (Lipinski definition) is 1. The Morgan fingerprint density at radius 1 is 1.16 bits per heavy atom. The van der Waals surface area contributed by atoms with Gasteiger partial charge in [0.05, 0.1) is 11.5 Å². The summed E-state index contributed by atoms with van der Waals surface area (Å²) in [5.74, 6) is -0.219. The Labute approximate surface area is 144 Å². The Balaban J connectivity index is 1.72. The molecule has 0 spiro atoms. The van der Waals surface area contributed by atoms with Crippen molar-refractivity contribution in [1.29, 1.82) is 0 Å². The van der Waals surface area contributed by atoms with Gasteiger partial charge in [0.15, 0.2) is 5.82 Å². The van der Waals surface area contributed by atoms with E-state index in [2.05, 4.69) is 10.4 Å². The van der Waals surface area contributed by atoms with Crippen LogP contribution < -0.4 is 5.32 Å². The summed E-state index contributed by atoms with van der Waals surface area (Å²) in [6, 6.07) is 15.5. The Hall–Kier alpha value is -3.48. The lowest BCUT2D eigenvalue weighted by Crippen LogP contribution is -2.14. The largest absolute Gasteiger partial charge is 0.305 e. The quantitative estimate of drug-likeness (QED) is 0.571. The molecule has 25 heavy (non-hydrogen) atoms. The molecule has 1 heterocycles. The molecule has 1 N–H and O–H groups in total. The third-order valence-corrected chi connectivity index (χ3v) is 3.69. The van der Waals surface area contributed by atoms with Crippen molar-refractivity contribution < 1.29 is 9.72 Å². The Morgan fingerprint density at radius 2 is 1.88 bits per heavy atom. The maximum absolute atomic E-state index is 12.3. The lowest BCUT2D eigenvalue weighted by molar-refractivity contribution is -0.385. The minimum absolute atomic E-state index is 0.000541. The molecule has 7 nitrogen and oxygen atoms in total. The van der Waals surface area contributed by atoms with Crippen molar-refractivity contribution in [3.8, 4) is 0 Å². The van der Waals surface area contributed by atoms with Gasteiger partial charge < -0.3 is 5.32 Å². The van der Waals surface area contributed by atoms with Crippen LogP contribution in [0.2, 0.25) is 0 Å². The van der Waals surface area contributed by atoms with Crippen molar-refractivity contribution in [2.75, 3.05) is 5.32 Å². The highest BCUT2D eigenvalue weighted by molar-refractivity contribution is 6.06. The van der Waals surface area contributed by atoms with Crippen molar-refractivity contribution in [2.24, 2.45) is 0 Å². The van der Waals surface area contributed by atoms with Crippen molar-refractivity contribution in [3.63, 3.8) is 0 Å². The number of amides is 1. The van der Waals surface area contributed by atoms with Gasteiger partial charge in [0, 0.05) is 18.3 Å². The minimum atomic E-state index is -0.578. The number of nitrogens with zero attached hydrogens (tertiary/aromatic N) is 3. The number of aryl methyl sites for hydroxylation is 1. The lowest BCUT2D eigenvalue weighted by atomic mass is 10.1. The van der Waals surface area contributed by atoms with E-state index in [0.29, 0.717) is 12.4 Å². The zero-order chi connectivity index (χ0) is 17.8. The van der Waals surface area contributed by atoms with E-state index in [9.17, 15) is 14.9 Å². The van der Waals surface area contributed by atoms with Crippen LogP contribution in [-0.4, -0.2) is 20.6 Å². The first kappa shape index (κ1) is 16.4. The predicted molar refractivity (Wildman–Crippen MR) is 93.6 cm³/mol. The number of carbonyl (C=O) groups excluding carboxylic acids is 1. The molecule has 0 unspecified atom stereocenters. The molecule has 0 aliphatic carbocycles. The second-order valence-corrected chi connectivity index (χ2v) is 5.61. The number of para-hydroxylation sites is 1. The molecule has 0 aliphatic rings. The van der Waals surface area contributed by atoms with Crippen LogP contribution in [-0.2, 0) is 6.54 Å². The first-order valence-electron chi connectivity index (χ1n) is 7.67. The number of nitro groups is 1. The fourth-order valence-electron chi connectivity index (χ4n) is 2.41. The smallest absolute Gasteiger partial charge is 0.282 e. The summed E-state index contributed by atoms with van der Waals surface area (Å²) >= 11 is 0. The molecule has 0 radical (unpaired) electrons. The zero-order valence-corrected chi connectivity index (χ0v) is 13.5. The summed E-state index contributed by atoms with van der Waals surface area (Å²) in [7, 11) is 0. The van der Waals surface area contributed by atoms with Crippen molar-refractivity contribution in [1.82, 2.24) is 9.78 Å². The fourth-order valence-corrected chi connectivity index (χ4v) is 2.41. The molecule has 0 bridgehead atoms. The van der Waals surface area contributed by atoms with Crippen LogP contribution in [0.4, 0.5) is 11.5 Å². The average molecular weight is 336 g/mol. The maximum Gasteiger partial charge on any atom is 0.282 e. The molecular weight excluding hydrogens is 320 g/mol. The van der Waals surface area contributed by atoms with Gasteiger partial charge in [-0.1, -0.05) is 42.0 Å². The summed E-state index contributed by atoms with van der Waals surface area (Å²) in [6.45, 7) is 2.59. The third-order valence-electron chi connectivity index (χ3n) is 3.69. The summed E-state index contributed by atoms with van der Waals surface area (Å²) in [6.07, 6.45) is 1.74. The number of anilines is 1. The number of rotatable bonds is 5. The predicted octanol–water partition coefficient (Wildman–Crippen LogP) is 3.40. The third kappa shape index (κ3) is 3.89. The molecular formula is C18H16N4O3. The highest BCUT2D eigenvalue weighted by atomic mass is 16.6. The van der Waals surface area contributed by atoms with Crippen LogP contribution in [0.15, 0.2) is 60.8 Å². The summed E-state index contributed by atoms with van der Waals surface area (Å²) in [4.78, 5) is 22.7.